The van der Waals surface area contributed by atoms with E-state index in [0.29, 0.717) is 18.1 Å². The van der Waals surface area contributed by atoms with Crippen LogP contribution in [0, 0.1) is 0 Å². The molecule has 0 aromatic heterocycles. The van der Waals surface area contributed by atoms with Gasteiger partial charge in [-0.15, -0.1) is 0 Å². The maximum Gasteiger partial charge on any atom is 0.0917 e. The molecule has 3 heteroatoms. The van der Waals surface area contributed by atoms with E-state index in [0.717, 1.165) is 25.3 Å². The van der Waals surface area contributed by atoms with E-state index in [4.69, 9.17) is 4.74 Å². The van der Waals surface area contributed by atoms with Gasteiger partial charge in [-0.05, 0) is 36.3 Å². The molecule has 1 aromatic carbocycles. The fourth-order valence-corrected chi connectivity index (χ4v) is 3.66. The van der Waals surface area contributed by atoms with Crippen molar-refractivity contribution in [3.63, 3.8) is 0 Å². The Morgan fingerprint density at radius 3 is 2.62 bits per heavy atom. The van der Waals surface area contributed by atoms with Crippen LogP contribution < -0.4 is 0 Å². The van der Waals surface area contributed by atoms with Gasteiger partial charge >= 0.3 is 0 Å². The average Bonchev–Trinajstić information content (AvgIpc) is 2.97. The molecule has 1 aliphatic heterocycles. The number of aliphatic hydroxyl groups is 1. The highest BCUT2D eigenvalue weighted by atomic mass is 16.5. The number of hydrogen-bond donors (Lipinski definition) is 1. The first-order valence-electron chi connectivity index (χ1n) is 8.28. The summed E-state index contributed by atoms with van der Waals surface area (Å²) in [5, 5.41) is 10.5. The summed E-state index contributed by atoms with van der Waals surface area (Å²) in [6, 6.07) is 8.95. The largest absolute Gasteiger partial charge is 0.387 e. The predicted octanol–water partition coefficient (Wildman–Crippen LogP) is 3.10. The normalized spacial score (nSPS) is 27.8. The fraction of sp³-hybridized carbons (Fsp3) is 0.667. The molecular weight excluding hydrogens is 262 g/mol. The number of benzene rings is 1. The van der Waals surface area contributed by atoms with Crippen LogP contribution in [-0.4, -0.2) is 41.8 Å². The third kappa shape index (κ3) is 3.31. The molecule has 2 fully saturated rings. The number of fused-ring (bicyclic) bond motifs is 1. The smallest absolute Gasteiger partial charge is 0.0917 e. The van der Waals surface area contributed by atoms with Crippen molar-refractivity contribution in [1.82, 2.24) is 4.90 Å². The van der Waals surface area contributed by atoms with Gasteiger partial charge in [0.2, 0.25) is 0 Å². The van der Waals surface area contributed by atoms with Gasteiger partial charge in [0.1, 0.15) is 0 Å². The first-order valence-corrected chi connectivity index (χ1v) is 8.28. The van der Waals surface area contributed by atoms with Gasteiger partial charge in [0.15, 0.2) is 0 Å². The van der Waals surface area contributed by atoms with E-state index in [-0.39, 0.29) is 0 Å². The highest BCUT2D eigenvalue weighted by molar-refractivity contribution is 5.26. The molecule has 1 N–H and O–H groups in total. The van der Waals surface area contributed by atoms with E-state index in [1.807, 2.05) is 0 Å². The third-order valence-corrected chi connectivity index (χ3v) is 4.99. The van der Waals surface area contributed by atoms with Crippen molar-refractivity contribution in [3.8, 4) is 0 Å². The summed E-state index contributed by atoms with van der Waals surface area (Å²) in [7, 11) is 0. The average molecular weight is 289 g/mol. The third-order valence-electron chi connectivity index (χ3n) is 4.99. The molecule has 3 unspecified atom stereocenters. The summed E-state index contributed by atoms with van der Waals surface area (Å²) in [5.74, 6) is 0.537. The van der Waals surface area contributed by atoms with Gasteiger partial charge in [0.25, 0.3) is 0 Å². The second-order valence-electron chi connectivity index (χ2n) is 6.74. The highest BCUT2D eigenvalue weighted by Gasteiger charge is 2.36. The molecule has 3 atom stereocenters. The molecule has 21 heavy (non-hydrogen) atoms. The lowest BCUT2D eigenvalue weighted by Crippen LogP contribution is -2.49. The maximum atomic E-state index is 10.5. The molecule has 1 saturated carbocycles. The van der Waals surface area contributed by atoms with Gasteiger partial charge in [-0.25, -0.2) is 0 Å². The van der Waals surface area contributed by atoms with Crippen LogP contribution in [0.3, 0.4) is 0 Å². The summed E-state index contributed by atoms with van der Waals surface area (Å²) in [4.78, 5) is 2.43. The number of rotatable bonds is 4. The fourth-order valence-electron chi connectivity index (χ4n) is 3.66. The predicted molar refractivity (Wildman–Crippen MR) is 84.4 cm³/mol. The molecule has 1 aromatic rings. The highest BCUT2D eigenvalue weighted by Crippen LogP contribution is 2.31. The zero-order valence-corrected chi connectivity index (χ0v) is 13.2. The minimum atomic E-state index is -0.398. The van der Waals surface area contributed by atoms with E-state index >= 15 is 0 Å². The van der Waals surface area contributed by atoms with Crippen LogP contribution in [0.25, 0.3) is 0 Å². The molecule has 0 amide bonds. The Morgan fingerprint density at radius 1 is 1.19 bits per heavy atom. The minimum Gasteiger partial charge on any atom is -0.387 e. The molecule has 0 radical (unpaired) electrons. The minimum absolute atomic E-state index is 0.397. The molecule has 1 aliphatic carbocycles. The standard InChI is InChI=1S/C18H27NO2/c1-13(2)14-6-8-15(9-7-14)17(20)12-19-10-11-21-18-5-3-4-16(18)19/h6-9,13,16-18,20H,3-5,10-12H2,1-2H3. The Hall–Kier alpha value is -0.900. The van der Waals surface area contributed by atoms with Crippen LogP contribution in [0.4, 0.5) is 0 Å². The van der Waals surface area contributed by atoms with Gasteiger partial charge in [-0.1, -0.05) is 38.1 Å². The summed E-state index contributed by atoms with van der Waals surface area (Å²) in [6.07, 6.45) is 3.65. The van der Waals surface area contributed by atoms with Gasteiger partial charge in [-0.3, -0.25) is 4.90 Å². The SMILES string of the molecule is CC(C)c1ccc(C(O)CN2CCOC3CCCC32)cc1. The Labute approximate surface area is 127 Å². The van der Waals surface area contributed by atoms with Crippen molar-refractivity contribution >= 4 is 0 Å². The Kier molecular flexibility index (Phi) is 4.63. The molecular formula is C18H27NO2. The number of β-amino-alcohol motifs (C(OH)–C–C–N with tert-alkyl or cyclic N) is 1. The van der Waals surface area contributed by atoms with Crippen LogP contribution in [-0.2, 0) is 4.74 Å². The van der Waals surface area contributed by atoms with E-state index in [9.17, 15) is 5.11 Å². The summed E-state index contributed by atoms with van der Waals surface area (Å²) >= 11 is 0. The lowest BCUT2D eigenvalue weighted by atomic mass is 9.99. The van der Waals surface area contributed by atoms with Crippen LogP contribution in [0.15, 0.2) is 24.3 Å². The maximum absolute atomic E-state index is 10.5. The summed E-state index contributed by atoms with van der Waals surface area (Å²) in [6.45, 7) is 6.87. The monoisotopic (exact) mass is 289 g/mol. The molecule has 3 nitrogen and oxygen atoms in total. The quantitative estimate of drug-likeness (QED) is 0.924. The molecule has 0 spiro atoms. The van der Waals surface area contributed by atoms with Gasteiger partial charge in [0.05, 0.1) is 18.8 Å². The van der Waals surface area contributed by atoms with E-state index in [2.05, 4.69) is 43.0 Å². The van der Waals surface area contributed by atoms with E-state index in [1.54, 1.807) is 0 Å². The van der Waals surface area contributed by atoms with E-state index < -0.39 is 6.10 Å². The van der Waals surface area contributed by atoms with Crippen LogP contribution in [0.1, 0.15) is 56.3 Å². The molecule has 2 aliphatic rings. The molecule has 3 rings (SSSR count). The Balaban J connectivity index is 1.63. The topological polar surface area (TPSA) is 32.7 Å². The van der Waals surface area contributed by atoms with Gasteiger partial charge in [0, 0.05) is 19.1 Å². The Bertz CT molecular complexity index is 457. The van der Waals surface area contributed by atoms with Crippen LogP contribution in [0.5, 0.6) is 0 Å². The van der Waals surface area contributed by atoms with Crippen molar-refractivity contribution in [2.24, 2.45) is 0 Å². The second kappa shape index (κ2) is 6.47. The van der Waals surface area contributed by atoms with Gasteiger partial charge in [-0.2, -0.15) is 0 Å². The summed E-state index contributed by atoms with van der Waals surface area (Å²) in [5.41, 5.74) is 2.36. The first-order chi connectivity index (χ1) is 10.1. The summed E-state index contributed by atoms with van der Waals surface area (Å²) < 4.78 is 5.84. The van der Waals surface area contributed by atoms with Crippen LogP contribution in [0.2, 0.25) is 0 Å². The Morgan fingerprint density at radius 2 is 1.90 bits per heavy atom. The van der Waals surface area contributed by atoms with Gasteiger partial charge < -0.3 is 9.84 Å². The zero-order valence-electron chi connectivity index (χ0n) is 13.2. The lowest BCUT2D eigenvalue weighted by Gasteiger charge is -2.38. The van der Waals surface area contributed by atoms with Crippen molar-refractivity contribution in [1.29, 1.82) is 0 Å². The molecule has 1 heterocycles. The molecule has 1 saturated heterocycles. The van der Waals surface area contributed by atoms with Crippen molar-refractivity contribution in [2.45, 2.75) is 57.3 Å². The molecule has 0 bridgehead atoms. The number of ether oxygens (including phenoxy) is 1. The number of morpholine rings is 1. The number of nitrogens with zero attached hydrogens (tertiary/aromatic N) is 1. The molecule has 116 valence electrons. The lowest BCUT2D eigenvalue weighted by molar-refractivity contribution is -0.0675. The van der Waals surface area contributed by atoms with Crippen LogP contribution >= 0.6 is 0 Å². The first kappa shape index (κ1) is 15.0. The van der Waals surface area contributed by atoms with E-state index in [1.165, 1.54) is 24.8 Å². The van der Waals surface area contributed by atoms with Crippen molar-refractivity contribution in [2.75, 3.05) is 19.7 Å². The number of hydrogen-bond acceptors (Lipinski definition) is 3. The number of aliphatic hydroxyl groups excluding tert-OH is 1. The zero-order chi connectivity index (χ0) is 14.8. The van der Waals surface area contributed by atoms with Crippen molar-refractivity contribution < 1.29 is 9.84 Å². The van der Waals surface area contributed by atoms with Crippen molar-refractivity contribution in [3.05, 3.63) is 35.4 Å². The second-order valence-corrected chi connectivity index (χ2v) is 6.74.